The summed E-state index contributed by atoms with van der Waals surface area (Å²) in [4.78, 5) is 22.6. The third kappa shape index (κ3) is 2.70. The van der Waals surface area contributed by atoms with Gasteiger partial charge in [-0.15, -0.1) is 0 Å². The summed E-state index contributed by atoms with van der Waals surface area (Å²) in [5, 5.41) is 11.5. The van der Waals surface area contributed by atoms with Gasteiger partial charge in [0.1, 0.15) is 12.2 Å². The normalized spacial score (nSPS) is 22.9. The van der Waals surface area contributed by atoms with Gasteiger partial charge in [-0.1, -0.05) is 0 Å². The van der Waals surface area contributed by atoms with Crippen molar-refractivity contribution in [1.82, 2.24) is 5.32 Å². The molecule has 6 nitrogen and oxygen atoms in total. The molecule has 6 heteroatoms. The van der Waals surface area contributed by atoms with Crippen molar-refractivity contribution < 1.29 is 23.8 Å². The Balaban J connectivity index is 2.04. The van der Waals surface area contributed by atoms with E-state index < -0.39 is 5.97 Å². The highest BCUT2D eigenvalue weighted by Gasteiger charge is 2.27. The van der Waals surface area contributed by atoms with Crippen LogP contribution in [0.15, 0.2) is 16.7 Å². The molecule has 1 aromatic rings. The molecule has 2 atom stereocenters. The fraction of sp³-hybridized carbons (Fsp3) is 0.500. The van der Waals surface area contributed by atoms with Crippen molar-refractivity contribution in [2.45, 2.75) is 31.9 Å². The van der Waals surface area contributed by atoms with Gasteiger partial charge in [0, 0.05) is 6.61 Å². The number of hydrogen-bond acceptors (Lipinski definition) is 4. The first-order valence-electron chi connectivity index (χ1n) is 5.78. The van der Waals surface area contributed by atoms with E-state index in [0.29, 0.717) is 6.61 Å². The van der Waals surface area contributed by atoms with Crippen LogP contribution in [-0.2, 0) is 16.0 Å². The van der Waals surface area contributed by atoms with E-state index in [0.717, 1.165) is 6.42 Å². The van der Waals surface area contributed by atoms with E-state index in [2.05, 4.69) is 5.32 Å². The number of furan rings is 1. The molecule has 18 heavy (non-hydrogen) atoms. The Labute approximate surface area is 104 Å². The lowest BCUT2D eigenvalue weighted by Gasteiger charge is -2.15. The van der Waals surface area contributed by atoms with Crippen LogP contribution in [0.25, 0.3) is 0 Å². The van der Waals surface area contributed by atoms with Gasteiger partial charge in [-0.05, 0) is 19.4 Å². The Morgan fingerprint density at radius 3 is 2.94 bits per heavy atom. The number of aliphatic carboxylic acids is 1. The molecule has 0 saturated carbocycles. The van der Waals surface area contributed by atoms with Gasteiger partial charge in [0.25, 0.3) is 5.91 Å². The van der Waals surface area contributed by atoms with Gasteiger partial charge in [0.05, 0.1) is 24.0 Å². The number of carboxylic acids is 1. The minimum Gasteiger partial charge on any atom is -0.481 e. The van der Waals surface area contributed by atoms with E-state index in [1.165, 1.54) is 12.3 Å². The van der Waals surface area contributed by atoms with Gasteiger partial charge in [-0.2, -0.15) is 0 Å². The monoisotopic (exact) mass is 253 g/mol. The zero-order chi connectivity index (χ0) is 13.1. The average molecular weight is 253 g/mol. The first-order valence-corrected chi connectivity index (χ1v) is 5.78. The molecule has 0 aromatic carbocycles. The molecule has 1 aromatic heterocycles. The SMILES string of the molecule is CC1OCCC1NC(=O)c1ccoc1CC(=O)O. The van der Waals surface area contributed by atoms with Crippen LogP contribution >= 0.6 is 0 Å². The second-order valence-corrected chi connectivity index (χ2v) is 4.27. The summed E-state index contributed by atoms with van der Waals surface area (Å²) < 4.78 is 10.4. The quantitative estimate of drug-likeness (QED) is 0.829. The Bertz CT molecular complexity index is 453. The predicted octanol–water partition coefficient (Wildman–Crippen LogP) is 0.814. The highest BCUT2D eigenvalue weighted by Crippen LogP contribution is 2.16. The summed E-state index contributed by atoms with van der Waals surface area (Å²) in [6, 6.07) is 1.44. The molecule has 1 aliphatic rings. The molecule has 0 spiro atoms. The largest absolute Gasteiger partial charge is 0.481 e. The minimum absolute atomic E-state index is 0.0243. The van der Waals surface area contributed by atoms with Crippen LogP contribution in [-0.4, -0.2) is 35.7 Å². The zero-order valence-electron chi connectivity index (χ0n) is 10.0. The Kier molecular flexibility index (Phi) is 3.66. The number of carboxylic acid groups (broad SMARTS) is 1. The van der Waals surface area contributed by atoms with E-state index in [1.54, 1.807) is 0 Å². The lowest BCUT2D eigenvalue weighted by Crippen LogP contribution is -2.39. The van der Waals surface area contributed by atoms with E-state index in [4.69, 9.17) is 14.3 Å². The molecule has 2 N–H and O–H groups in total. The van der Waals surface area contributed by atoms with Crippen molar-refractivity contribution in [1.29, 1.82) is 0 Å². The highest BCUT2D eigenvalue weighted by atomic mass is 16.5. The van der Waals surface area contributed by atoms with Gasteiger partial charge in [-0.3, -0.25) is 9.59 Å². The maximum Gasteiger partial charge on any atom is 0.311 e. The van der Waals surface area contributed by atoms with Crippen molar-refractivity contribution in [3.05, 3.63) is 23.7 Å². The number of rotatable bonds is 4. The molecule has 0 bridgehead atoms. The maximum absolute atomic E-state index is 12.0. The molecule has 0 radical (unpaired) electrons. The van der Waals surface area contributed by atoms with Crippen LogP contribution in [0.5, 0.6) is 0 Å². The van der Waals surface area contributed by atoms with Gasteiger partial charge in [0.2, 0.25) is 0 Å². The third-order valence-corrected chi connectivity index (χ3v) is 2.99. The summed E-state index contributed by atoms with van der Waals surface area (Å²) in [5.74, 6) is -1.18. The molecule has 98 valence electrons. The van der Waals surface area contributed by atoms with Crippen LogP contribution in [0.3, 0.4) is 0 Å². The van der Waals surface area contributed by atoms with Crippen molar-refractivity contribution in [2.24, 2.45) is 0 Å². The molecule has 0 aliphatic carbocycles. The fourth-order valence-electron chi connectivity index (χ4n) is 1.98. The number of ether oxygens (including phenoxy) is 1. The number of carbonyl (C=O) groups is 2. The number of amides is 1. The first kappa shape index (κ1) is 12.6. The van der Waals surface area contributed by atoms with Gasteiger partial charge in [0.15, 0.2) is 0 Å². The second-order valence-electron chi connectivity index (χ2n) is 4.27. The van der Waals surface area contributed by atoms with Crippen LogP contribution in [0.1, 0.15) is 29.5 Å². The lowest BCUT2D eigenvalue weighted by atomic mass is 10.1. The summed E-state index contributed by atoms with van der Waals surface area (Å²) in [7, 11) is 0. The first-order chi connectivity index (χ1) is 8.58. The number of carbonyl (C=O) groups excluding carboxylic acids is 1. The van der Waals surface area contributed by atoms with Crippen LogP contribution in [0.2, 0.25) is 0 Å². The van der Waals surface area contributed by atoms with Crippen molar-refractivity contribution in [3.63, 3.8) is 0 Å². The van der Waals surface area contributed by atoms with E-state index in [-0.39, 0.29) is 35.8 Å². The van der Waals surface area contributed by atoms with E-state index in [9.17, 15) is 9.59 Å². The molecule has 1 aliphatic heterocycles. The smallest absolute Gasteiger partial charge is 0.311 e. The molecular formula is C12H15NO5. The van der Waals surface area contributed by atoms with Crippen LogP contribution < -0.4 is 5.32 Å². The molecule has 1 amide bonds. The van der Waals surface area contributed by atoms with Gasteiger partial charge >= 0.3 is 5.97 Å². The summed E-state index contributed by atoms with van der Waals surface area (Å²) in [6.45, 7) is 2.52. The minimum atomic E-state index is -1.03. The molecule has 1 fully saturated rings. The highest BCUT2D eigenvalue weighted by molar-refractivity contribution is 5.96. The summed E-state index contributed by atoms with van der Waals surface area (Å²) in [5.41, 5.74) is 0.275. The number of hydrogen-bond donors (Lipinski definition) is 2. The van der Waals surface area contributed by atoms with Crippen molar-refractivity contribution in [2.75, 3.05) is 6.61 Å². The van der Waals surface area contributed by atoms with Gasteiger partial charge < -0.3 is 19.6 Å². The fourth-order valence-corrected chi connectivity index (χ4v) is 1.98. The van der Waals surface area contributed by atoms with Crippen molar-refractivity contribution >= 4 is 11.9 Å². The molecule has 2 heterocycles. The summed E-state index contributed by atoms with van der Waals surface area (Å²) in [6.07, 6.45) is 1.76. The molecule has 1 saturated heterocycles. The number of nitrogens with one attached hydrogen (secondary N) is 1. The Morgan fingerprint density at radius 1 is 1.56 bits per heavy atom. The van der Waals surface area contributed by atoms with Crippen molar-refractivity contribution in [3.8, 4) is 0 Å². The topological polar surface area (TPSA) is 88.8 Å². The maximum atomic E-state index is 12.0. The predicted molar refractivity (Wildman–Crippen MR) is 61.3 cm³/mol. The molecule has 2 rings (SSSR count). The molecule has 2 unspecified atom stereocenters. The van der Waals surface area contributed by atoms with Crippen LogP contribution in [0.4, 0.5) is 0 Å². The Morgan fingerprint density at radius 2 is 2.33 bits per heavy atom. The van der Waals surface area contributed by atoms with Crippen LogP contribution in [0, 0.1) is 0 Å². The standard InChI is InChI=1S/C12H15NO5/c1-7-9(3-5-17-7)13-12(16)8-2-4-18-10(8)6-11(14)15/h2,4,7,9H,3,5-6H2,1H3,(H,13,16)(H,14,15). The van der Waals surface area contributed by atoms with E-state index >= 15 is 0 Å². The average Bonchev–Trinajstić information content (AvgIpc) is 2.88. The Hall–Kier alpha value is -1.82. The van der Waals surface area contributed by atoms with E-state index in [1.807, 2.05) is 6.92 Å². The zero-order valence-corrected chi connectivity index (χ0v) is 10.0. The second kappa shape index (κ2) is 5.22. The lowest BCUT2D eigenvalue weighted by molar-refractivity contribution is -0.136. The van der Waals surface area contributed by atoms with Gasteiger partial charge in [-0.25, -0.2) is 0 Å². The molecular weight excluding hydrogens is 238 g/mol. The third-order valence-electron chi connectivity index (χ3n) is 2.99. The summed E-state index contributed by atoms with van der Waals surface area (Å²) >= 11 is 0.